The molecule has 6 amide bonds. The predicted octanol–water partition coefficient (Wildman–Crippen LogP) is -2.14. The van der Waals surface area contributed by atoms with Gasteiger partial charge in [-0.05, 0) is 131 Å². The number of H-pyrrole nitrogens is 2. The fourth-order valence-corrected chi connectivity index (χ4v) is 18.8. The molecule has 5 heterocycles. The number of anilines is 2. The zero-order chi connectivity index (χ0) is 101. The molecule has 0 spiro atoms. The molecule has 746 valence electrons. The van der Waals surface area contributed by atoms with Crippen molar-refractivity contribution >= 4 is 124 Å². The minimum atomic E-state index is -4.79. The van der Waals surface area contributed by atoms with Gasteiger partial charge < -0.3 is 108 Å². The van der Waals surface area contributed by atoms with Gasteiger partial charge in [-0.15, -0.1) is 0 Å². The van der Waals surface area contributed by atoms with Crippen molar-refractivity contribution in [2.24, 2.45) is 5.73 Å². The third-order valence-electron chi connectivity index (χ3n) is 21.4. The second-order valence-corrected chi connectivity index (χ2v) is 36.6. The molecular weight excluding hydrogens is 1840 g/mol. The summed E-state index contributed by atoms with van der Waals surface area (Å²) in [5, 5.41) is 84.7. The summed E-state index contributed by atoms with van der Waals surface area (Å²) >= 11 is 0. The van der Waals surface area contributed by atoms with E-state index in [-0.39, 0.29) is 112 Å². The Balaban J connectivity index is 0.000000501. The maximum Gasteiger partial charge on any atom is 0.323 e. The first-order chi connectivity index (χ1) is 64.5. The number of hydrogen-bond acceptors (Lipinski definition) is 31. The molecule has 50 heteroatoms. The van der Waals surface area contributed by atoms with Gasteiger partial charge in [0, 0.05) is 167 Å². The Kier molecular flexibility index (Phi) is 44.9. The number of pyridine rings is 2. The Labute approximate surface area is 785 Å². The molecular formula is C86H123N21O26S3. The number of imidazole rings is 2. The molecule has 1 fully saturated rings. The average molecular weight is 1960 g/mol. The summed E-state index contributed by atoms with van der Waals surface area (Å²) in [5.41, 5.74) is 9.74. The third-order valence-corrected chi connectivity index (χ3v) is 25.7. The van der Waals surface area contributed by atoms with Crippen molar-refractivity contribution in [2.75, 3.05) is 136 Å². The maximum absolute atomic E-state index is 14.0. The molecule has 4 aromatic carbocycles. The number of aromatic nitrogens is 6. The van der Waals surface area contributed by atoms with E-state index < -0.39 is 168 Å². The van der Waals surface area contributed by atoms with E-state index in [0.29, 0.717) is 102 Å². The first kappa shape index (κ1) is 112. The fourth-order valence-electron chi connectivity index (χ4n) is 14.9. The molecule has 1 saturated heterocycles. The fraction of sp³-hybridized carbons (Fsp3) is 0.465. The van der Waals surface area contributed by atoms with Crippen LogP contribution in [0.5, 0.6) is 0 Å². The first-order valence-corrected chi connectivity index (χ1v) is 47.6. The second kappa shape index (κ2) is 54.4. The van der Waals surface area contributed by atoms with Gasteiger partial charge in [-0.2, -0.15) is 17.9 Å². The van der Waals surface area contributed by atoms with Gasteiger partial charge in [-0.25, -0.2) is 26.8 Å². The summed E-state index contributed by atoms with van der Waals surface area (Å²) in [6.45, 7) is 12.3. The Morgan fingerprint density at radius 2 is 0.941 bits per heavy atom. The summed E-state index contributed by atoms with van der Waals surface area (Å²) in [5.74, 6) is -9.44. The lowest BCUT2D eigenvalue weighted by molar-refractivity contribution is -0.139. The van der Waals surface area contributed by atoms with Gasteiger partial charge in [-0.1, -0.05) is 54.4 Å². The number of nitrogens with one attached hydrogen (secondary N) is 12. The number of fused-ring (bicyclic) bond motifs is 2. The summed E-state index contributed by atoms with van der Waals surface area (Å²) in [6, 6.07) is 8.71. The highest BCUT2D eigenvalue weighted by Crippen LogP contribution is 2.25. The van der Waals surface area contributed by atoms with Crippen molar-refractivity contribution in [3.8, 4) is 0 Å². The lowest BCUT2D eigenvalue weighted by Gasteiger charge is -2.32. The number of hydrogen-bond donors (Lipinski definition) is 21. The van der Waals surface area contributed by atoms with Crippen molar-refractivity contribution in [3.05, 3.63) is 174 Å². The largest absolute Gasteiger partial charge is 0.480 e. The Morgan fingerprint density at radius 1 is 0.529 bits per heavy atom. The number of aromatic amines is 2. The van der Waals surface area contributed by atoms with Crippen LogP contribution in [-0.2, 0) is 94.7 Å². The van der Waals surface area contributed by atoms with Crippen LogP contribution in [0.15, 0.2) is 117 Å². The number of benzene rings is 4. The molecule has 5 atom stereocenters. The molecule has 9 rings (SSSR count). The van der Waals surface area contributed by atoms with Crippen molar-refractivity contribution in [2.45, 2.75) is 147 Å². The summed E-state index contributed by atoms with van der Waals surface area (Å²) in [6.07, 6.45) is 9.07. The normalized spacial score (nSPS) is 14.3. The first-order valence-electron chi connectivity index (χ1n) is 43.1. The molecule has 0 bridgehead atoms. The standard InChI is InChI=1S/C55H80N14O18S2.C29H35N7O6S.2CH4O/c1-5-42(62-46(73)10-9-43(53(80)61-39(31-70)32-88(83,84)85)63-47(74)29-65-15-16-66(30-48(75)76)18-20-68(34-72)22-21-67(33-71)19-17-65)52(79)56-11-6-14-69-28-41(49(77)40-8-7-38(25-45(40)69)26-60-55-57-12-13-58-55)51(78)59-27-44(54(81)82)64-89(86,87)50-36(3)23-35(2)24-37(50)4;1-17-11-18(2)26(19(3)12-17)43(41,42)35-23(28(39)40)15-33-27(38)22-16-36(10-4-7-30)24-13-20(5-6-21(24)25(22)37)14-34-29-31-8-9-32-29;2*1-2/h7-8,12-13,23-25,28,31,39,42-44,64,71-72H,5-6,9-11,14-22,26-27,29-30,32-34H2,1-4H3,(H,56,79)(H,59,78)(H,61,80)(H,62,73)(H,63,74)(H,75,76)(H,81,82)(H2,57,58,60)(H,83,84,85);5-6,8-9,11-13,16,23,35H,4,7,10,14-15,30H2,1-3H3,(H,33,38)(H,39,40)(H2,31,32,34);2*2H,1H3/t39-,42+,43+,44?;;;/m1.../s1. The SMILES string of the molecule is CC[C@H](NC(=O)CC[C@H](NC(=O)CN1CCN(CO)CCN(CO)CCN(CC(=O)O)CC1)C(=O)N[C@H](C=O)CS(=O)(=O)O)C(=O)NCCCn1cc(C(=O)NCC(NS(=O)(=O)c2c(C)cc(C)cc2C)C(=O)O)c(=O)c2ccc(CNc3ncc[nH]3)cc21.CO.CO.Cc1cc(C)c(S(=O)(=O)NC(CNC(=O)c2cn(CCCN)c3cc(CNc4ncc[nH]4)ccc3c2=O)C(=O)O)c(C)c1. The number of sulfonamides is 2. The molecule has 2 unspecified atom stereocenters. The van der Waals surface area contributed by atoms with Crippen molar-refractivity contribution < 1.29 is 113 Å². The number of aldehydes is 1. The molecule has 22 N–H and O–H groups in total. The smallest absolute Gasteiger partial charge is 0.323 e. The van der Waals surface area contributed by atoms with Crippen LogP contribution in [0.25, 0.3) is 21.8 Å². The van der Waals surface area contributed by atoms with Crippen molar-refractivity contribution in [1.29, 1.82) is 0 Å². The number of amides is 6. The number of nitrogens with two attached hydrogens (primary N) is 1. The lowest BCUT2D eigenvalue weighted by Crippen LogP contribution is -2.54. The van der Waals surface area contributed by atoms with Crippen LogP contribution in [0.3, 0.4) is 0 Å². The molecule has 136 heavy (non-hydrogen) atoms. The van der Waals surface area contributed by atoms with Gasteiger partial charge in [-0.3, -0.25) is 76.9 Å². The number of aryl methyl sites for hydroxylation is 8. The molecule has 1 aliphatic rings. The van der Waals surface area contributed by atoms with Gasteiger partial charge >= 0.3 is 17.9 Å². The monoisotopic (exact) mass is 1960 g/mol. The van der Waals surface area contributed by atoms with E-state index in [1.807, 2.05) is 13.0 Å². The third kappa shape index (κ3) is 34.4. The van der Waals surface area contributed by atoms with Crippen LogP contribution < -0.4 is 68.6 Å². The summed E-state index contributed by atoms with van der Waals surface area (Å²) < 4.78 is 93.6. The van der Waals surface area contributed by atoms with E-state index >= 15 is 0 Å². The lowest BCUT2D eigenvalue weighted by atomic mass is 10.1. The minimum absolute atomic E-state index is 0.0216. The zero-order valence-corrected chi connectivity index (χ0v) is 79.3. The molecule has 8 aromatic rings. The molecule has 1 aliphatic heterocycles. The zero-order valence-electron chi connectivity index (χ0n) is 76.9. The van der Waals surface area contributed by atoms with E-state index in [1.54, 1.807) is 144 Å². The Bertz CT molecular complexity index is 5880. The summed E-state index contributed by atoms with van der Waals surface area (Å²) in [4.78, 5) is 178. The number of aliphatic carboxylic acids is 3. The number of nitrogens with zero attached hydrogens (tertiary/aromatic N) is 8. The number of aliphatic hydroxyl groups is 4. The highest BCUT2D eigenvalue weighted by molar-refractivity contribution is 7.90. The van der Waals surface area contributed by atoms with Crippen LogP contribution in [-0.4, -0.2) is 329 Å². The van der Waals surface area contributed by atoms with E-state index in [1.165, 1.54) is 18.5 Å². The second-order valence-electron chi connectivity index (χ2n) is 31.8. The highest BCUT2D eigenvalue weighted by Gasteiger charge is 2.34. The van der Waals surface area contributed by atoms with Crippen LogP contribution in [0, 0.1) is 41.5 Å². The molecule has 0 saturated carbocycles. The summed E-state index contributed by atoms with van der Waals surface area (Å²) in [7, 11) is -11.5. The molecule has 0 radical (unpaired) electrons. The van der Waals surface area contributed by atoms with Gasteiger partial charge in [0.15, 0.2) is 11.9 Å². The Hall–Kier alpha value is -12.4. The van der Waals surface area contributed by atoms with Gasteiger partial charge in [0.05, 0.1) is 47.4 Å². The van der Waals surface area contributed by atoms with Crippen molar-refractivity contribution in [1.82, 2.24) is 90.0 Å². The number of rotatable bonds is 45. The van der Waals surface area contributed by atoms with Crippen LogP contribution in [0.1, 0.15) is 104 Å². The number of aliphatic hydroxyl groups excluding tert-OH is 4. The van der Waals surface area contributed by atoms with Gasteiger partial charge in [0.1, 0.15) is 53.4 Å². The molecule has 4 aromatic heterocycles. The van der Waals surface area contributed by atoms with Crippen LogP contribution >= 0.6 is 0 Å². The van der Waals surface area contributed by atoms with Crippen LogP contribution in [0.2, 0.25) is 0 Å². The van der Waals surface area contributed by atoms with E-state index in [0.717, 1.165) is 30.9 Å². The molecule has 47 nitrogen and oxygen atoms in total. The Morgan fingerprint density at radius 3 is 1.32 bits per heavy atom. The highest BCUT2D eigenvalue weighted by atomic mass is 32.2. The van der Waals surface area contributed by atoms with Crippen molar-refractivity contribution in [3.63, 3.8) is 0 Å². The quantitative estimate of drug-likeness (QED) is 0.0110. The predicted molar refractivity (Wildman–Crippen MR) is 501 cm³/mol. The number of carboxylic acid groups (broad SMARTS) is 3. The number of carbonyl (C=O) groups is 10. The van der Waals surface area contributed by atoms with Gasteiger partial charge in [0.25, 0.3) is 21.9 Å². The van der Waals surface area contributed by atoms with Crippen LogP contribution in [0.4, 0.5) is 11.9 Å². The van der Waals surface area contributed by atoms with Gasteiger partial charge in [0.2, 0.25) is 54.5 Å². The van der Waals surface area contributed by atoms with E-state index in [9.17, 15) is 113 Å². The minimum Gasteiger partial charge on any atom is -0.480 e. The van der Waals surface area contributed by atoms with E-state index in [2.05, 4.69) is 71.9 Å². The average Bonchev–Trinajstić information content (AvgIpc) is 0.904. The maximum atomic E-state index is 14.0. The topological polar surface area (TPSA) is 696 Å². The number of carbonyl (C=O) groups excluding carboxylic acids is 7. The molecule has 0 aliphatic carbocycles. The van der Waals surface area contributed by atoms with E-state index in [4.69, 9.17) is 15.9 Å². The number of carboxylic acids is 3.